The molecule has 1 aromatic heterocycles. The summed E-state index contributed by atoms with van der Waals surface area (Å²) in [4.78, 5) is 9.31. The molecule has 1 aromatic rings. The average Bonchev–Trinajstić information content (AvgIpc) is 2.97. The van der Waals surface area contributed by atoms with Crippen molar-refractivity contribution in [2.45, 2.75) is 32.8 Å². The SMILES string of the molecule is CC1CC(C)C(CN2CCN(c3nccs3)CC2)C(O)C1. The number of aliphatic hydroxyl groups excluding tert-OH is 1. The van der Waals surface area contributed by atoms with Crippen LogP contribution in [0.1, 0.15) is 26.7 Å². The van der Waals surface area contributed by atoms with E-state index in [0.717, 1.165) is 44.3 Å². The zero-order valence-electron chi connectivity index (χ0n) is 13.1. The second-order valence-corrected chi connectivity index (χ2v) is 7.76. The lowest BCUT2D eigenvalue weighted by Gasteiger charge is -2.42. The van der Waals surface area contributed by atoms with Crippen molar-refractivity contribution < 1.29 is 5.11 Å². The fourth-order valence-corrected chi connectivity index (χ4v) is 4.66. The van der Waals surface area contributed by atoms with E-state index in [-0.39, 0.29) is 6.10 Å². The Morgan fingerprint density at radius 2 is 2.00 bits per heavy atom. The quantitative estimate of drug-likeness (QED) is 0.930. The Labute approximate surface area is 131 Å². The molecule has 118 valence electrons. The molecule has 1 aliphatic heterocycles. The number of rotatable bonds is 3. The van der Waals surface area contributed by atoms with Crippen molar-refractivity contribution in [2.75, 3.05) is 37.6 Å². The third-order valence-electron chi connectivity index (χ3n) is 5.17. The molecule has 0 amide bonds. The van der Waals surface area contributed by atoms with Gasteiger partial charge in [0, 0.05) is 50.2 Å². The average molecular weight is 309 g/mol. The Bertz CT molecular complexity index is 419. The highest BCUT2D eigenvalue weighted by atomic mass is 32.1. The molecule has 0 spiro atoms. The number of anilines is 1. The van der Waals surface area contributed by atoms with Gasteiger partial charge in [-0.05, 0) is 24.7 Å². The minimum atomic E-state index is -0.110. The van der Waals surface area contributed by atoms with Gasteiger partial charge >= 0.3 is 0 Å². The summed E-state index contributed by atoms with van der Waals surface area (Å²) in [6.07, 6.45) is 4.02. The summed E-state index contributed by atoms with van der Waals surface area (Å²) >= 11 is 1.72. The number of nitrogens with zero attached hydrogens (tertiary/aromatic N) is 3. The molecule has 4 atom stereocenters. The van der Waals surface area contributed by atoms with E-state index in [0.29, 0.717) is 17.8 Å². The van der Waals surface area contributed by atoms with Crippen molar-refractivity contribution in [3.63, 3.8) is 0 Å². The van der Waals surface area contributed by atoms with E-state index in [1.165, 1.54) is 6.42 Å². The molecule has 1 N–H and O–H groups in total. The minimum Gasteiger partial charge on any atom is -0.393 e. The van der Waals surface area contributed by atoms with Crippen molar-refractivity contribution >= 4 is 16.5 Å². The molecule has 1 saturated carbocycles. The van der Waals surface area contributed by atoms with Crippen molar-refractivity contribution in [1.29, 1.82) is 0 Å². The van der Waals surface area contributed by atoms with Gasteiger partial charge in [0.15, 0.2) is 5.13 Å². The topological polar surface area (TPSA) is 39.6 Å². The van der Waals surface area contributed by atoms with E-state index in [4.69, 9.17) is 0 Å². The smallest absolute Gasteiger partial charge is 0.185 e. The maximum Gasteiger partial charge on any atom is 0.185 e. The van der Waals surface area contributed by atoms with Gasteiger partial charge in [-0.1, -0.05) is 13.8 Å². The first-order valence-corrected chi connectivity index (χ1v) is 9.06. The van der Waals surface area contributed by atoms with Crippen LogP contribution in [0, 0.1) is 17.8 Å². The fraction of sp³-hybridized carbons (Fsp3) is 0.812. The second kappa shape index (κ2) is 6.63. The third-order valence-corrected chi connectivity index (χ3v) is 6.01. The predicted octanol–water partition coefficient (Wildman–Crippen LogP) is 2.31. The summed E-state index contributed by atoms with van der Waals surface area (Å²) in [5.41, 5.74) is 0. The van der Waals surface area contributed by atoms with Crippen LogP contribution in [0.4, 0.5) is 5.13 Å². The van der Waals surface area contributed by atoms with Crippen molar-refractivity contribution in [1.82, 2.24) is 9.88 Å². The molecule has 2 aliphatic rings. The highest BCUT2D eigenvalue weighted by Crippen LogP contribution is 2.34. The van der Waals surface area contributed by atoms with E-state index in [1.54, 1.807) is 11.3 Å². The molecule has 1 aliphatic carbocycles. The molecule has 0 bridgehead atoms. The highest BCUT2D eigenvalue weighted by Gasteiger charge is 2.34. The number of thiazole rings is 1. The van der Waals surface area contributed by atoms with Crippen LogP contribution in [0.25, 0.3) is 0 Å². The van der Waals surface area contributed by atoms with Crippen molar-refractivity contribution in [3.8, 4) is 0 Å². The molecule has 0 aromatic carbocycles. The molecular weight excluding hydrogens is 282 g/mol. The molecule has 1 saturated heterocycles. The highest BCUT2D eigenvalue weighted by molar-refractivity contribution is 7.13. The molecule has 0 radical (unpaired) electrons. The van der Waals surface area contributed by atoms with Gasteiger partial charge in [0.25, 0.3) is 0 Å². The summed E-state index contributed by atoms with van der Waals surface area (Å²) in [5.74, 6) is 1.77. The zero-order chi connectivity index (χ0) is 14.8. The van der Waals surface area contributed by atoms with E-state index in [1.807, 2.05) is 11.6 Å². The largest absolute Gasteiger partial charge is 0.393 e. The van der Waals surface area contributed by atoms with Crippen LogP contribution in [0.5, 0.6) is 0 Å². The van der Waals surface area contributed by atoms with E-state index in [2.05, 4.69) is 28.6 Å². The van der Waals surface area contributed by atoms with Gasteiger partial charge in [-0.3, -0.25) is 4.90 Å². The maximum absolute atomic E-state index is 10.4. The number of aromatic nitrogens is 1. The van der Waals surface area contributed by atoms with Crippen molar-refractivity contribution in [3.05, 3.63) is 11.6 Å². The Kier molecular flexibility index (Phi) is 4.82. The molecule has 21 heavy (non-hydrogen) atoms. The van der Waals surface area contributed by atoms with Crippen LogP contribution in [-0.4, -0.2) is 53.8 Å². The molecular formula is C16H27N3OS. The monoisotopic (exact) mass is 309 g/mol. The normalized spacial score (nSPS) is 35.1. The lowest BCUT2D eigenvalue weighted by atomic mass is 9.73. The van der Waals surface area contributed by atoms with Gasteiger partial charge in [0.05, 0.1) is 6.10 Å². The fourth-order valence-electron chi connectivity index (χ4n) is 3.97. The van der Waals surface area contributed by atoms with Gasteiger partial charge < -0.3 is 10.0 Å². The first-order chi connectivity index (χ1) is 10.1. The van der Waals surface area contributed by atoms with Crippen LogP contribution in [0.15, 0.2) is 11.6 Å². The van der Waals surface area contributed by atoms with Crippen LogP contribution in [0.3, 0.4) is 0 Å². The van der Waals surface area contributed by atoms with Crippen LogP contribution in [-0.2, 0) is 0 Å². The van der Waals surface area contributed by atoms with Crippen LogP contribution in [0.2, 0.25) is 0 Å². The molecule has 4 nitrogen and oxygen atoms in total. The van der Waals surface area contributed by atoms with Gasteiger partial charge in [-0.25, -0.2) is 4.98 Å². The molecule has 5 heteroatoms. The van der Waals surface area contributed by atoms with E-state index >= 15 is 0 Å². The van der Waals surface area contributed by atoms with Gasteiger partial charge in [0.2, 0.25) is 0 Å². The number of hydrogen-bond acceptors (Lipinski definition) is 5. The van der Waals surface area contributed by atoms with Crippen LogP contribution >= 0.6 is 11.3 Å². The molecule has 3 rings (SSSR count). The number of piperazine rings is 1. The van der Waals surface area contributed by atoms with Gasteiger partial charge in [-0.15, -0.1) is 11.3 Å². The van der Waals surface area contributed by atoms with Crippen molar-refractivity contribution in [2.24, 2.45) is 17.8 Å². The Balaban J connectivity index is 1.51. The summed E-state index contributed by atoms with van der Waals surface area (Å²) in [5, 5.41) is 13.6. The third kappa shape index (κ3) is 3.58. The molecule has 2 fully saturated rings. The van der Waals surface area contributed by atoms with E-state index < -0.39 is 0 Å². The van der Waals surface area contributed by atoms with E-state index in [9.17, 15) is 5.11 Å². The summed E-state index contributed by atoms with van der Waals surface area (Å²) < 4.78 is 0. The summed E-state index contributed by atoms with van der Waals surface area (Å²) in [6, 6.07) is 0. The summed E-state index contributed by atoms with van der Waals surface area (Å²) in [6.45, 7) is 9.93. The maximum atomic E-state index is 10.4. The standard InChI is InChI=1S/C16H27N3OS/c1-12-9-13(2)14(15(20)10-12)11-18-4-6-19(7-5-18)16-17-3-8-21-16/h3,8,12-15,20H,4-7,9-11H2,1-2H3. The van der Waals surface area contributed by atoms with Gasteiger partial charge in [0.1, 0.15) is 0 Å². The first kappa shape index (κ1) is 15.3. The predicted molar refractivity (Wildman–Crippen MR) is 87.8 cm³/mol. The molecule has 2 heterocycles. The minimum absolute atomic E-state index is 0.110. The zero-order valence-corrected chi connectivity index (χ0v) is 13.9. The van der Waals surface area contributed by atoms with Gasteiger partial charge in [-0.2, -0.15) is 0 Å². The number of hydrogen-bond donors (Lipinski definition) is 1. The molecule has 4 unspecified atom stereocenters. The Morgan fingerprint density at radius 3 is 2.62 bits per heavy atom. The Morgan fingerprint density at radius 1 is 1.24 bits per heavy atom. The number of aliphatic hydroxyl groups is 1. The van der Waals surface area contributed by atoms with Crippen LogP contribution < -0.4 is 4.90 Å². The lowest BCUT2D eigenvalue weighted by Crippen LogP contribution is -2.50. The summed E-state index contributed by atoms with van der Waals surface area (Å²) in [7, 11) is 0. The first-order valence-electron chi connectivity index (χ1n) is 8.18. The lowest BCUT2D eigenvalue weighted by molar-refractivity contribution is -0.00271. The Hall–Kier alpha value is -0.650. The second-order valence-electron chi connectivity index (χ2n) is 6.89.